The predicted octanol–water partition coefficient (Wildman–Crippen LogP) is 4.71. The zero-order valence-corrected chi connectivity index (χ0v) is 17.0. The van der Waals surface area contributed by atoms with Crippen molar-refractivity contribution in [2.75, 3.05) is 0 Å². The molecule has 2 aliphatic rings. The Kier molecular flexibility index (Phi) is 5.33. The molecule has 1 heterocycles. The van der Waals surface area contributed by atoms with Crippen molar-refractivity contribution in [1.29, 1.82) is 5.26 Å². The van der Waals surface area contributed by atoms with Gasteiger partial charge in [0.1, 0.15) is 5.75 Å². The van der Waals surface area contributed by atoms with Crippen LogP contribution in [0.2, 0.25) is 0 Å². The first-order valence-corrected chi connectivity index (χ1v) is 10.0. The van der Waals surface area contributed by atoms with Crippen molar-refractivity contribution >= 4 is 17.5 Å². The van der Waals surface area contributed by atoms with Crippen molar-refractivity contribution in [3.05, 3.63) is 77.0 Å². The molecule has 0 spiro atoms. The minimum absolute atomic E-state index is 0.0515. The van der Waals surface area contributed by atoms with Gasteiger partial charge < -0.3 is 4.74 Å². The van der Waals surface area contributed by atoms with Gasteiger partial charge in [-0.05, 0) is 42.5 Å². The Morgan fingerprint density at radius 1 is 1.07 bits per heavy atom. The topological polar surface area (TPSA) is 79.5 Å². The van der Waals surface area contributed by atoms with Gasteiger partial charge in [-0.1, -0.05) is 42.5 Å². The molecule has 0 aromatic heterocycles. The number of nitriles is 1. The highest BCUT2D eigenvalue weighted by atomic mass is 16.5. The summed E-state index contributed by atoms with van der Waals surface area (Å²) in [5, 5.41) is 9.84. The second-order valence-electron chi connectivity index (χ2n) is 7.80. The SMILES string of the molecule is CC(=O)Oc1ccc([C@H]2C3=C(C[C@@H](c4ccccc4)CC3=O)N=C(C)C2C#N)cc1. The Hall–Kier alpha value is -3.52. The Bertz CT molecular complexity index is 1090. The number of nitrogens with zero attached hydrogens (tertiary/aromatic N) is 2. The van der Waals surface area contributed by atoms with Crippen LogP contribution in [0.1, 0.15) is 49.7 Å². The second kappa shape index (κ2) is 8.08. The molecule has 150 valence electrons. The Morgan fingerprint density at radius 3 is 2.40 bits per heavy atom. The number of rotatable bonds is 3. The van der Waals surface area contributed by atoms with Gasteiger partial charge in [0.05, 0.1) is 12.0 Å². The van der Waals surface area contributed by atoms with Crippen LogP contribution in [0.25, 0.3) is 0 Å². The van der Waals surface area contributed by atoms with Crippen LogP contribution in [0.5, 0.6) is 5.75 Å². The lowest BCUT2D eigenvalue weighted by Gasteiger charge is -2.35. The first-order chi connectivity index (χ1) is 14.5. The van der Waals surface area contributed by atoms with Gasteiger partial charge in [-0.15, -0.1) is 0 Å². The summed E-state index contributed by atoms with van der Waals surface area (Å²) in [4.78, 5) is 29.2. The van der Waals surface area contributed by atoms with E-state index in [1.165, 1.54) is 6.92 Å². The van der Waals surface area contributed by atoms with Gasteiger partial charge in [-0.2, -0.15) is 5.26 Å². The van der Waals surface area contributed by atoms with Crippen LogP contribution in [0.4, 0.5) is 0 Å². The van der Waals surface area contributed by atoms with E-state index in [1.807, 2.05) is 49.4 Å². The van der Waals surface area contributed by atoms with Gasteiger partial charge in [0, 0.05) is 36.2 Å². The summed E-state index contributed by atoms with van der Waals surface area (Å²) in [5.41, 5.74) is 4.16. The molecule has 1 unspecified atom stereocenters. The second-order valence-corrected chi connectivity index (χ2v) is 7.80. The molecule has 4 rings (SSSR count). The van der Waals surface area contributed by atoms with E-state index in [9.17, 15) is 14.9 Å². The lowest BCUT2D eigenvalue weighted by atomic mass is 9.69. The zero-order valence-electron chi connectivity index (χ0n) is 17.0. The molecule has 2 aromatic carbocycles. The van der Waals surface area contributed by atoms with Gasteiger partial charge in [0.2, 0.25) is 0 Å². The predicted molar refractivity (Wildman–Crippen MR) is 113 cm³/mol. The highest BCUT2D eigenvalue weighted by Crippen LogP contribution is 2.46. The van der Waals surface area contributed by atoms with Crippen molar-refractivity contribution in [3.63, 3.8) is 0 Å². The first-order valence-electron chi connectivity index (χ1n) is 10.0. The van der Waals surface area contributed by atoms with Crippen molar-refractivity contribution in [3.8, 4) is 11.8 Å². The van der Waals surface area contributed by atoms with Crippen LogP contribution in [0.3, 0.4) is 0 Å². The molecule has 5 heteroatoms. The molecule has 0 saturated heterocycles. The Balaban J connectivity index is 1.73. The highest BCUT2D eigenvalue weighted by molar-refractivity contribution is 6.03. The molecule has 0 bridgehead atoms. The average Bonchev–Trinajstić information content (AvgIpc) is 2.73. The standard InChI is InChI=1S/C25H22N2O3/c1-15-21(14-26)24(18-8-10-20(11-9-18)30-16(2)28)25-22(27-15)12-19(13-23(25)29)17-6-4-3-5-7-17/h3-11,19,21,24H,12-13H2,1-2H3/t19-,21?,24-/m1/s1. The normalized spacial score (nSPS) is 23.3. The maximum atomic E-state index is 13.3. The number of carbonyl (C=O) groups excluding carboxylic acids is 2. The maximum Gasteiger partial charge on any atom is 0.308 e. The van der Waals surface area contributed by atoms with Crippen LogP contribution in [-0.2, 0) is 9.59 Å². The first kappa shape index (κ1) is 19.8. The molecule has 3 atom stereocenters. The molecule has 0 radical (unpaired) electrons. The van der Waals surface area contributed by atoms with Crippen LogP contribution in [0, 0.1) is 17.2 Å². The fraction of sp³-hybridized carbons (Fsp3) is 0.280. The molecular formula is C25H22N2O3. The average molecular weight is 398 g/mol. The van der Waals surface area contributed by atoms with Gasteiger partial charge in [0.15, 0.2) is 5.78 Å². The summed E-state index contributed by atoms with van der Waals surface area (Å²) in [5.74, 6) is -0.666. The third kappa shape index (κ3) is 3.69. The molecule has 0 N–H and O–H groups in total. The third-order valence-electron chi connectivity index (χ3n) is 5.80. The molecule has 1 aliphatic carbocycles. The van der Waals surface area contributed by atoms with Crippen LogP contribution >= 0.6 is 0 Å². The lowest BCUT2D eigenvalue weighted by Crippen LogP contribution is -2.32. The van der Waals surface area contributed by atoms with Gasteiger partial charge in [0.25, 0.3) is 0 Å². The van der Waals surface area contributed by atoms with Gasteiger partial charge in [-0.25, -0.2) is 0 Å². The summed E-state index contributed by atoms with van der Waals surface area (Å²) < 4.78 is 5.12. The number of Topliss-reactive ketones (excluding diaryl/α,β-unsaturated/α-hetero) is 1. The molecule has 0 saturated carbocycles. The zero-order chi connectivity index (χ0) is 21.3. The molecule has 2 aromatic rings. The van der Waals surface area contributed by atoms with E-state index in [1.54, 1.807) is 12.1 Å². The third-order valence-corrected chi connectivity index (χ3v) is 5.80. The fourth-order valence-electron chi connectivity index (χ4n) is 4.46. The molecule has 1 aliphatic heterocycles. The number of aliphatic imine (C=N–C) groups is 1. The lowest BCUT2D eigenvalue weighted by molar-refractivity contribution is -0.131. The van der Waals surface area contributed by atoms with E-state index in [0.717, 1.165) is 22.5 Å². The Labute approximate surface area is 175 Å². The number of ketones is 1. The molecule has 5 nitrogen and oxygen atoms in total. The number of benzene rings is 2. The number of esters is 1. The smallest absolute Gasteiger partial charge is 0.308 e. The Morgan fingerprint density at radius 2 is 1.77 bits per heavy atom. The monoisotopic (exact) mass is 398 g/mol. The van der Waals surface area contributed by atoms with E-state index in [2.05, 4.69) is 6.07 Å². The molecule has 30 heavy (non-hydrogen) atoms. The number of ether oxygens (including phenoxy) is 1. The largest absolute Gasteiger partial charge is 0.427 e. The van der Waals surface area contributed by atoms with Gasteiger partial charge in [-0.3, -0.25) is 14.6 Å². The minimum Gasteiger partial charge on any atom is -0.427 e. The van der Waals surface area contributed by atoms with E-state index < -0.39 is 11.9 Å². The van der Waals surface area contributed by atoms with E-state index in [-0.39, 0.29) is 17.6 Å². The highest BCUT2D eigenvalue weighted by Gasteiger charge is 2.41. The van der Waals surface area contributed by atoms with Crippen LogP contribution in [-0.4, -0.2) is 17.5 Å². The molecule has 0 fully saturated rings. The minimum atomic E-state index is -0.499. The molecular weight excluding hydrogens is 376 g/mol. The van der Waals surface area contributed by atoms with E-state index >= 15 is 0 Å². The maximum absolute atomic E-state index is 13.3. The van der Waals surface area contributed by atoms with Crippen LogP contribution < -0.4 is 4.74 Å². The number of carbonyl (C=O) groups is 2. The summed E-state index contributed by atoms with van der Waals surface area (Å²) >= 11 is 0. The van der Waals surface area contributed by atoms with Crippen molar-refractivity contribution in [2.45, 2.75) is 38.5 Å². The number of hydrogen-bond acceptors (Lipinski definition) is 5. The quantitative estimate of drug-likeness (QED) is 0.554. The summed E-state index contributed by atoms with van der Waals surface area (Å²) in [6, 6.07) is 19.4. The molecule has 0 amide bonds. The summed E-state index contributed by atoms with van der Waals surface area (Å²) in [7, 11) is 0. The van der Waals surface area contributed by atoms with Crippen molar-refractivity contribution < 1.29 is 14.3 Å². The number of allylic oxidation sites excluding steroid dienone is 2. The van der Waals surface area contributed by atoms with Crippen LogP contribution in [0.15, 0.2) is 70.9 Å². The summed E-state index contributed by atoms with van der Waals surface area (Å²) in [6.07, 6.45) is 1.10. The van der Waals surface area contributed by atoms with E-state index in [0.29, 0.717) is 24.2 Å². The summed E-state index contributed by atoms with van der Waals surface area (Å²) in [6.45, 7) is 3.20. The van der Waals surface area contributed by atoms with Crippen molar-refractivity contribution in [2.24, 2.45) is 10.9 Å². The van der Waals surface area contributed by atoms with Crippen molar-refractivity contribution in [1.82, 2.24) is 0 Å². The van der Waals surface area contributed by atoms with E-state index in [4.69, 9.17) is 9.73 Å². The number of hydrogen-bond donors (Lipinski definition) is 0. The van der Waals surface area contributed by atoms with Gasteiger partial charge >= 0.3 is 5.97 Å². The fourth-order valence-corrected chi connectivity index (χ4v) is 4.46.